The highest BCUT2D eigenvalue weighted by molar-refractivity contribution is 5.77. The van der Waals surface area contributed by atoms with Gasteiger partial charge in [-0.15, -0.1) is 0 Å². The number of carboxylic acid groups (broad SMARTS) is 1. The smallest absolute Gasteiger partial charge is 0.323 e. The van der Waals surface area contributed by atoms with Gasteiger partial charge in [0.15, 0.2) is 0 Å². The van der Waals surface area contributed by atoms with E-state index in [1.807, 2.05) is 35.9 Å². The Balaban J connectivity index is 2.27. The van der Waals surface area contributed by atoms with E-state index in [1.165, 1.54) is 0 Å². The molecule has 0 spiro atoms. The van der Waals surface area contributed by atoms with Crippen LogP contribution in [-0.2, 0) is 11.3 Å². The molecular weight excluding hydrogens is 242 g/mol. The van der Waals surface area contributed by atoms with Crippen LogP contribution < -0.4 is 0 Å². The zero-order valence-electron chi connectivity index (χ0n) is 11.7. The number of carbonyl (C=O) groups is 1. The second-order valence-electron chi connectivity index (χ2n) is 5.37. The Kier molecular flexibility index (Phi) is 3.32. The van der Waals surface area contributed by atoms with Gasteiger partial charge < -0.3 is 9.51 Å². The molecule has 2 heterocycles. The molecule has 0 bridgehead atoms. The van der Waals surface area contributed by atoms with Crippen molar-refractivity contribution in [3.05, 3.63) is 35.8 Å². The normalized spacial score (nSPS) is 12.3. The molecule has 2 aromatic rings. The van der Waals surface area contributed by atoms with Gasteiger partial charge in [0.2, 0.25) is 0 Å². The number of aromatic nitrogens is 2. The van der Waals surface area contributed by atoms with Gasteiger partial charge in [0.1, 0.15) is 11.2 Å². The molecule has 0 aliphatic carbocycles. The first kappa shape index (κ1) is 13.5. The average molecular weight is 261 g/mol. The lowest BCUT2D eigenvalue weighted by molar-refractivity contribution is -0.148. The highest BCUT2D eigenvalue weighted by atomic mass is 16.4. The zero-order valence-corrected chi connectivity index (χ0v) is 11.7. The van der Waals surface area contributed by atoms with Gasteiger partial charge in [-0.2, -0.15) is 0 Å². The van der Waals surface area contributed by atoms with Gasteiger partial charge in [0.25, 0.3) is 0 Å². The van der Waals surface area contributed by atoms with Crippen molar-refractivity contribution < 1.29 is 9.90 Å². The number of hydrogen-bond acceptors (Lipinski definition) is 3. The van der Waals surface area contributed by atoms with E-state index in [1.54, 1.807) is 25.8 Å². The molecule has 0 aromatic carbocycles. The van der Waals surface area contributed by atoms with Gasteiger partial charge in [-0.05, 0) is 39.4 Å². The van der Waals surface area contributed by atoms with Crippen LogP contribution in [0, 0.1) is 6.92 Å². The second kappa shape index (κ2) is 4.66. The number of hydrogen-bond donors (Lipinski definition) is 1. The topological polar surface area (TPSA) is 57.8 Å². The summed E-state index contributed by atoms with van der Waals surface area (Å²) in [6, 6.07) is 3.98. The highest BCUT2D eigenvalue weighted by Crippen LogP contribution is 2.17. The van der Waals surface area contributed by atoms with E-state index in [-0.39, 0.29) is 0 Å². The van der Waals surface area contributed by atoms with Crippen LogP contribution in [0.2, 0.25) is 0 Å². The number of pyridine rings is 1. The van der Waals surface area contributed by atoms with Crippen LogP contribution in [0.1, 0.15) is 25.1 Å². The zero-order chi connectivity index (χ0) is 14.2. The summed E-state index contributed by atoms with van der Waals surface area (Å²) in [6.45, 7) is 5.89. The summed E-state index contributed by atoms with van der Waals surface area (Å²) in [6.07, 6.45) is 3.89. The third-order valence-corrected chi connectivity index (χ3v) is 3.60. The fraction of sp³-hybridized carbons (Fsp3) is 0.429. The molecule has 19 heavy (non-hydrogen) atoms. The van der Waals surface area contributed by atoms with Crippen molar-refractivity contribution in [3.63, 3.8) is 0 Å². The fourth-order valence-corrected chi connectivity index (χ4v) is 1.88. The van der Waals surface area contributed by atoms with Crippen LogP contribution in [-0.4, -0.2) is 37.9 Å². The van der Waals surface area contributed by atoms with Gasteiger partial charge in [0.05, 0.1) is 5.69 Å². The van der Waals surface area contributed by atoms with Crippen molar-refractivity contribution in [2.24, 2.45) is 0 Å². The number of aryl methyl sites for hydroxylation is 1. The summed E-state index contributed by atoms with van der Waals surface area (Å²) < 4.78 is 1.96. The maximum Gasteiger partial charge on any atom is 0.323 e. The molecular formula is C14H19N3O2. The lowest BCUT2D eigenvalue weighted by Crippen LogP contribution is -2.47. The van der Waals surface area contributed by atoms with E-state index >= 15 is 0 Å². The third-order valence-electron chi connectivity index (χ3n) is 3.60. The van der Waals surface area contributed by atoms with E-state index in [0.29, 0.717) is 6.54 Å². The van der Waals surface area contributed by atoms with Crippen LogP contribution in [0.25, 0.3) is 5.65 Å². The molecule has 2 rings (SSSR count). The Morgan fingerprint density at radius 3 is 2.79 bits per heavy atom. The second-order valence-corrected chi connectivity index (χ2v) is 5.37. The maximum absolute atomic E-state index is 11.2. The van der Waals surface area contributed by atoms with E-state index < -0.39 is 11.5 Å². The first-order valence-corrected chi connectivity index (χ1v) is 6.20. The van der Waals surface area contributed by atoms with Crippen LogP contribution in [0.5, 0.6) is 0 Å². The Morgan fingerprint density at radius 1 is 1.53 bits per heavy atom. The molecule has 2 aromatic heterocycles. The van der Waals surface area contributed by atoms with Crippen LogP contribution in [0.3, 0.4) is 0 Å². The summed E-state index contributed by atoms with van der Waals surface area (Å²) in [4.78, 5) is 17.5. The first-order valence-electron chi connectivity index (χ1n) is 6.20. The molecule has 0 saturated heterocycles. The average Bonchev–Trinajstić information content (AvgIpc) is 2.72. The van der Waals surface area contributed by atoms with Crippen molar-refractivity contribution in [1.82, 2.24) is 14.3 Å². The Morgan fingerprint density at radius 2 is 2.21 bits per heavy atom. The largest absolute Gasteiger partial charge is 0.480 e. The van der Waals surface area contributed by atoms with Gasteiger partial charge in [-0.25, -0.2) is 4.98 Å². The summed E-state index contributed by atoms with van der Waals surface area (Å²) in [5, 5.41) is 9.21. The lowest BCUT2D eigenvalue weighted by atomic mass is 10.0. The molecule has 0 saturated carbocycles. The predicted molar refractivity (Wildman–Crippen MR) is 73.1 cm³/mol. The molecule has 0 unspecified atom stereocenters. The third kappa shape index (κ3) is 2.46. The number of fused-ring (bicyclic) bond motifs is 1. The molecule has 1 N–H and O–H groups in total. The molecule has 0 aliphatic rings. The quantitative estimate of drug-likeness (QED) is 0.913. The Hall–Kier alpha value is -1.88. The van der Waals surface area contributed by atoms with E-state index in [9.17, 15) is 9.90 Å². The minimum Gasteiger partial charge on any atom is -0.480 e. The molecule has 0 amide bonds. The summed E-state index contributed by atoms with van der Waals surface area (Å²) in [5.41, 5.74) is 1.98. The number of aliphatic carboxylic acids is 1. The number of nitrogens with zero attached hydrogens (tertiary/aromatic N) is 3. The Labute approximate surface area is 112 Å². The number of rotatable bonds is 4. The fourth-order valence-electron chi connectivity index (χ4n) is 1.88. The van der Waals surface area contributed by atoms with Crippen molar-refractivity contribution in [3.8, 4) is 0 Å². The molecule has 0 fully saturated rings. The van der Waals surface area contributed by atoms with Crippen LogP contribution in [0.15, 0.2) is 24.5 Å². The molecule has 102 valence electrons. The highest BCUT2D eigenvalue weighted by Gasteiger charge is 2.32. The van der Waals surface area contributed by atoms with Gasteiger partial charge in [-0.3, -0.25) is 9.69 Å². The minimum atomic E-state index is -0.912. The minimum absolute atomic E-state index is 0.500. The SMILES string of the molecule is Cc1cccn2cc(CN(C)C(C)(C)C(=O)O)nc12. The molecule has 5 heteroatoms. The monoisotopic (exact) mass is 261 g/mol. The van der Waals surface area contributed by atoms with Crippen LogP contribution in [0.4, 0.5) is 0 Å². The summed E-state index contributed by atoms with van der Waals surface area (Å²) in [7, 11) is 1.80. The van der Waals surface area contributed by atoms with E-state index in [2.05, 4.69) is 4.98 Å². The van der Waals surface area contributed by atoms with Crippen LogP contribution >= 0.6 is 0 Å². The molecule has 0 radical (unpaired) electrons. The summed E-state index contributed by atoms with van der Waals surface area (Å²) >= 11 is 0. The number of likely N-dealkylation sites (N-methyl/N-ethyl adjacent to an activating group) is 1. The summed E-state index contributed by atoms with van der Waals surface area (Å²) in [5.74, 6) is -0.838. The van der Waals surface area contributed by atoms with Crippen molar-refractivity contribution in [2.75, 3.05) is 7.05 Å². The standard InChI is InChI=1S/C14H19N3O2/c1-10-6-5-7-17-9-11(15-12(10)17)8-16(4)14(2,3)13(18)19/h5-7,9H,8H2,1-4H3,(H,18,19). The Bertz CT molecular complexity index is 616. The van der Waals surface area contributed by atoms with Crippen molar-refractivity contribution in [1.29, 1.82) is 0 Å². The van der Waals surface area contributed by atoms with Gasteiger partial charge in [-0.1, -0.05) is 6.07 Å². The maximum atomic E-state index is 11.2. The van der Waals surface area contributed by atoms with Crippen molar-refractivity contribution >= 4 is 11.6 Å². The predicted octanol–water partition coefficient (Wildman–Crippen LogP) is 1.94. The van der Waals surface area contributed by atoms with Gasteiger partial charge in [0, 0.05) is 18.9 Å². The number of imidazole rings is 1. The molecule has 0 aliphatic heterocycles. The lowest BCUT2D eigenvalue weighted by Gasteiger charge is -2.30. The van der Waals surface area contributed by atoms with Crippen molar-refractivity contribution in [2.45, 2.75) is 32.9 Å². The van der Waals surface area contributed by atoms with E-state index in [4.69, 9.17) is 0 Å². The number of carboxylic acids is 1. The first-order chi connectivity index (χ1) is 8.82. The molecule has 5 nitrogen and oxygen atoms in total. The van der Waals surface area contributed by atoms with E-state index in [0.717, 1.165) is 16.9 Å². The van der Waals surface area contributed by atoms with Gasteiger partial charge >= 0.3 is 5.97 Å². The molecule has 0 atom stereocenters.